The van der Waals surface area contributed by atoms with Gasteiger partial charge in [-0.1, -0.05) is 44.0 Å². The highest BCUT2D eigenvalue weighted by atomic mass is 16.5. The Labute approximate surface area is 254 Å². The zero-order valence-electron chi connectivity index (χ0n) is 25.7. The van der Waals surface area contributed by atoms with Crippen LogP contribution in [0.25, 0.3) is 5.69 Å². The summed E-state index contributed by atoms with van der Waals surface area (Å²) in [5.74, 6) is 0.962. The van der Waals surface area contributed by atoms with Crippen LogP contribution in [0.4, 0.5) is 5.69 Å². The van der Waals surface area contributed by atoms with Crippen molar-refractivity contribution in [3.63, 3.8) is 0 Å². The summed E-state index contributed by atoms with van der Waals surface area (Å²) in [6.07, 6.45) is 6.51. The minimum Gasteiger partial charge on any atom is -0.497 e. The molecule has 3 aromatic carbocycles. The van der Waals surface area contributed by atoms with Crippen LogP contribution in [0.1, 0.15) is 73.3 Å². The number of methoxy groups -OCH3 is 2. The Morgan fingerprint density at radius 3 is 2.30 bits per heavy atom. The van der Waals surface area contributed by atoms with Gasteiger partial charge in [-0.15, -0.1) is 0 Å². The second-order valence-corrected chi connectivity index (χ2v) is 11.2. The van der Waals surface area contributed by atoms with E-state index in [0.717, 1.165) is 35.5 Å². The Hall–Kier alpha value is -4.52. The van der Waals surface area contributed by atoms with Gasteiger partial charge in [-0.05, 0) is 86.8 Å². The van der Waals surface area contributed by atoms with Crippen molar-refractivity contribution >= 4 is 17.5 Å². The summed E-state index contributed by atoms with van der Waals surface area (Å²) in [7, 11) is 3.25. The van der Waals surface area contributed by atoms with Gasteiger partial charge in [0.25, 0.3) is 5.91 Å². The Morgan fingerprint density at radius 2 is 1.63 bits per heavy atom. The lowest BCUT2D eigenvalue weighted by molar-refractivity contribution is -0.120. The molecule has 0 saturated carbocycles. The van der Waals surface area contributed by atoms with E-state index in [0.29, 0.717) is 17.1 Å². The number of hydrogen-bond donors (Lipinski definition) is 0. The topological polar surface area (TPSA) is 64.0 Å². The van der Waals surface area contributed by atoms with Crippen LogP contribution in [0, 0.1) is 0 Å². The van der Waals surface area contributed by atoms with Crippen molar-refractivity contribution in [1.29, 1.82) is 0 Å². The maximum absolute atomic E-state index is 14.5. The number of nitrogens with zero attached hydrogens (tertiary/aromatic N) is 3. The molecule has 0 N–H and O–H groups in total. The predicted molar refractivity (Wildman–Crippen MR) is 170 cm³/mol. The molecule has 1 aliphatic heterocycles. The van der Waals surface area contributed by atoms with Gasteiger partial charge in [-0.3, -0.25) is 14.5 Å². The Morgan fingerprint density at radius 1 is 0.884 bits per heavy atom. The molecule has 1 aliphatic rings. The van der Waals surface area contributed by atoms with Crippen LogP contribution in [0.5, 0.6) is 11.5 Å². The van der Waals surface area contributed by atoms with Crippen LogP contribution in [0.2, 0.25) is 0 Å². The summed E-state index contributed by atoms with van der Waals surface area (Å²) >= 11 is 0. The molecule has 7 nitrogen and oxygen atoms in total. The number of fused-ring (bicyclic) bond motifs is 3. The van der Waals surface area contributed by atoms with E-state index in [2.05, 4.69) is 11.5 Å². The second kappa shape index (κ2) is 13.2. The van der Waals surface area contributed by atoms with Crippen LogP contribution in [0.15, 0.2) is 85.1 Å². The van der Waals surface area contributed by atoms with Crippen LogP contribution in [0.3, 0.4) is 0 Å². The van der Waals surface area contributed by atoms with E-state index < -0.39 is 6.04 Å². The van der Waals surface area contributed by atoms with Gasteiger partial charge in [0.1, 0.15) is 24.1 Å². The molecule has 224 valence electrons. The molecule has 0 spiro atoms. The van der Waals surface area contributed by atoms with E-state index in [1.807, 2.05) is 98.9 Å². The molecule has 5 rings (SSSR count). The average molecular weight is 580 g/mol. The maximum atomic E-state index is 14.5. The molecule has 1 aromatic heterocycles. The van der Waals surface area contributed by atoms with Gasteiger partial charge in [-0.25, -0.2) is 0 Å². The molecule has 0 aliphatic carbocycles. The van der Waals surface area contributed by atoms with Gasteiger partial charge in [0.2, 0.25) is 5.91 Å². The van der Waals surface area contributed by atoms with Gasteiger partial charge < -0.3 is 18.9 Å². The maximum Gasteiger partial charge on any atom is 0.254 e. The fourth-order valence-electron chi connectivity index (χ4n) is 5.88. The van der Waals surface area contributed by atoms with Crippen LogP contribution in [-0.4, -0.2) is 48.1 Å². The zero-order chi connectivity index (χ0) is 30.5. The third-order valence-electron chi connectivity index (χ3n) is 8.18. The largest absolute Gasteiger partial charge is 0.497 e. The fraction of sp³-hybridized carbons (Fsp3) is 0.333. The SMILES string of the molecule is CCCCCc1ccc(C(=O)N(CC(=O)N2c3ccccc3-n3cccc3C2c2cc(OC)ccc2OC)C(C)C)cc1. The Bertz CT molecular complexity index is 1570. The molecule has 2 heterocycles. The quantitative estimate of drug-likeness (QED) is 0.176. The summed E-state index contributed by atoms with van der Waals surface area (Å²) in [5, 5.41) is 0. The lowest BCUT2D eigenvalue weighted by Gasteiger charge is -2.40. The summed E-state index contributed by atoms with van der Waals surface area (Å²) in [6, 6.07) is 24.6. The van der Waals surface area contributed by atoms with Crippen molar-refractivity contribution in [2.75, 3.05) is 25.7 Å². The van der Waals surface area contributed by atoms with Crippen LogP contribution in [-0.2, 0) is 11.2 Å². The third kappa shape index (κ3) is 6.03. The monoisotopic (exact) mass is 579 g/mol. The number of anilines is 1. The average Bonchev–Trinajstić information content (AvgIpc) is 3.53. The van der Waals surface area contributed by atoms with Gasteiger partial charge in [0, 0.05) is 23.4 Å². The highest BCUT2D eigenvalue weighted by Crippen LogP contribution is 2.45. The van der Waals surface area contributed by atoms with Crippen LogP contribution >= 0.6 is 0 Å². The predicted octanol–water partition coefficient (Wildman–Crippen LogP) is 7.21. The summed E-state index contributed by atoms with van der Waals surface area (Å²) in [6.45, 7) is 6.01. The Kier molecular flexibility index (Phi) is 9.19. The Balaban J connectivity index is 1.52. The van der Waals surface area contributed by atoms with Crippen molar-refractivity contribution < 1.29 is 19.1 Å². The molecule has 2 amide bonds. The first-order valence-electron chi connectivity index (χ1n) is 15.1. The number of carbonyl (C=O) groups excluding carboxylic acids is 2. The summed E-state index contributed by atoms with van der Waals surface area (Å²) < 4.78 is 13.5. The molecule has 43 heavy (non-hydrogen) atoms. The van der Waals surface area contributed by atoms with Crippen molar-refractivity contribution in [2.24, 2.45) is 0 Å². The number of amides is 2. The number of ether oxygens (including phenoxy) is 2. The number of rotatable bonds is 11. The van der Waals surface area contributed by atoms with E-state index in [1.54, 1.807) is 24.0 Å². The van der Waals surface area contributed by atoms with E-state index in [-0.39, 0.29) is 24.4 Å². The number of aryl methyl sites for hydroxylation is 1. The number of aromatic nitrogens is 1. The summed E-state index contributed by atoms with van der Waals surface area (Å²) in [4.78, 5) is 31.8. The van der Waals surface area contributed by atoms with Crippen molar-refractivity contribution in [3.05, 3.63) is 107 Å². The lowest BCUT2D eigenvalue weighted by atomic mass is 9.96. The fourth-order valence-corrected chi connectivity index (χ4v) is 5.88. The molecule has 1 unspecified atom stereocenters. The molecule has 0 fully saturated rings. The highest BCUT2D eigenvalue weighted by molar-refractivity contribution is 6.03. The van der Waals surface area contributed by atoms with Gasteiger partial charge >= 0.3 is 0 Å². The van der Waals surface area contributed by atoms with Gasteiger partial charge in [0.05, 0.1) is 31.3 Å². The standard InChI is InChI=1S/C36H41N3O4/c1-6-7-8-12-26-16-18-27(19-17-26)36(41)38(25(2)3)24-34(40)39-31-14-10-9-13-30(31)37-22-11-15-32(37)35(39)29-23-28(42-4)20-21-33(29)43-5/h9-11,13-23,25,35H,6-8,12,24H2,1-5H3. The minimum absolute atomic E-state index is 0.0768. The minimum atomic E-state index is -0.506. The number of para-hydroxylation sites is 2. The second-order valence-electron chi connectivity index (χ2n) is 11.2. The molecular weight excluding hydrogens is 538 g/mol. The van der Waals surface area contributed by atoms with Crippen molar-refractivity contribution in [2.45, 2.75) is 58.5 Å². The molecule has 4 aromatic rings. The van der Waals surface area contributed by atoms with Gasteiger partial charge in [-0.2, -0.15) is 0 Å². The van der Waals surface area contributed by atoms with E-state index in [4.69, 9.17) is 9.47 Å². The normalized spacial score (nSPS) is 13.8. The molecule has 0 saturated heterocycles. The van der Waals surface area contributed by atoms with E-state index in [9.17, 15) is 9.59 Å². The zero-order valence-corrected chi connectivity index (χ0v) is 25.7. The first kappa shape index (κ1) is 30.0. The first-order chi connectivity index (χ1) is 20.9. The molecule has 0 radical (unpaired) electrons. The third-order valence-corrected chi connectivity index (χ3v) is 8.18. The lowest BCUT2D eigenvalue weighted by Crippen LogP contribution is -2.48. The number of unbranched alkanes of at least 4 members (excludes halogenated alkanes) is 2. The van der Waals surface area contributed by atoms with E-state index >= 15 is 0 Å². The van der Waals surface area contributed by atoms with Crippen LogP contribution < -0.4 is 14.4 Å². The highest BCUT2D eigenvalue weighted by Gasteiger charge is 2.39. The van der Waals surface area contributed by atoms with E-state index in [1.165, 1.54) is 18.4 Å². The number of benzene rings is 3. The molecular formula is C36H41N3O4. The summed E-state index contributed by atoms with van der Waals surface area (Å²) in [5.41, 5.74) is 5.18. The number of hydrogen-bond acceptors (Lipinski definition) is 4. The smallest absolute Gasteiger partial charge is 0.254 e. The van der Waals surface area contributed by atoms with Crippen molar-refractivity contribution in [1.82, 2.24) is 9.47 Å². The van der Waals surface area contributed by atoms with Gasteiger partial charge in [0.15, 0.2) is 0 Å². The first-order valence-corrected chi connectivity index (χ1v) is 15.1. The molecule has 0 bridgehead atoms. The molecule has 1 atom stereocenters. The molecule has 7 heteroatoms. The number of carbonyl (C=O) groups is 2. The van der Waals surface area contributed by atoms with Crippen molar-refractivity contribution in [3.8, 4) is 17.2 Å².